The van der Waals surface area contributed by atoms with Gasteiger partial charge in [-0.15, -0.1) is 0 Å². The van der Waals surface area contributed by atoms with E-state index in [-0.39, 0.29) is 49.7 Å². The van der Waals surface area contributed by atoms with Gasteiger partial charge in [-0.25, -0.2) is 0 Å². The Morgan fingerprint density at radius 1 is 1.02 bits per heavy atom. The van der Waals surface area contributed by atoms with Crippen molar-refractivity contribution < 1.29 is 38.6 Å². The number of rotatable bonds is 14. The number of nitrogens with one attached hydrogen (secondary N) is 1. The highest BCUT2D eigenvalue weighted by Gasteiger charge is 2.66. The third-order valence-electron chi connectivity index (χ3n) is 9.83. The minimum absolute atomic E-state index is 0.0905. The Labute approximate surface area is 294 Å². The van der Waals surface area contributed by atoms with Crippen molar-refractivity contribution in [3.63, 3.8) is 0 Å². The average molecular weight is 702 g/mol. The molecule has 50 heavy (non-hydrogen) atoms. The molecule has 0 saturated carbocycles. The van der Waals surface area contributed by atoms with Crippen LogP contribution in [0.5, 0.6) is 0 Å². The molecule has 1 fully saturated rings. The van der Waals surface area contributed by atoms with Gasteiger partial charge in [0.1, 0.15) is 0 Å². The van der Waals surface area contributed by atoms with E-state index in [2.05, 4.69) is 5.32 Å². The summed E-state index contributed by atoms with van der Waals surface area (Å²) in [5.74, 6) is -1.72. The Morgan fingerprint density at radius 3 is 2.34 bits per heavy atom. The molecule has 2 aliphatic rings. The molecule has 1 spiro atoms. The summed E-state index contributed by atoms with van der Waals surface area (Å²) in [5.41, 5.74) is 1.00. The molecule has 3 N–H and O–H groups in total. The highest BCUT2D eigenvalue weighted by molar-refractivity contribution is 6.71. The Balaban J connectivity index is 1.50. The van der Waals surface area contributed by atoms with Crippen LogP contribution in [0, 0.1) is 5.92 Å². The number of carbonyl (C=O) groups excluding carboxylic acids is 4. The fourth-order valence-corrected chi connectivity index (χ4v) is 10.1. The zero-order chi connectivity index (χ0) is 36.1. The number of amides is 3. The number of carbonyl (C=O) groups is 4. The Kier molecular flexibility index (Phi) is 11.6. The van der Waals surface area contributed by atoms with E-state index in [0.29, 0.717) is 48.4 Å². The van der Waals surface area contributed by atoms with Crippen LogP contribution in [-0.4, -0.2) is 79.7 Å². The summed E-state index contributed by atoms with van der Waals surface area (Å²) in [7, 11) is -1.74. The highest BCUT2D eigenvalue weighted by atomic mass is 28.4. The van der Waals surface area contributed by atoms with E-state index in [9.17, 15) is 29.1 Å². The Hall–Kier alpha value is -4.36. The van der Waals surface area contributed by atoms with Crippen LogP contribution in [0.25, 0.3) is 0 Å². The van der Waals surface area contributed by atoms with Crippen molar-refractivity contribution in [1.82, 2.24) is 4.90 Å². The number of ether oxygens (including phenoxy) is 2. The molecule has 0 aromatic heterocycles. The quantitative estimate of drug-likeness (QED) is 0.123. The smallest absolute Gasteiger partial charge is 0.305 e. The first kappa shape index (κ1) is 36.9. The van der Waals surface area contributed by atoms with Gasteiger partial charge in [0.25, 0.3) is 11.8 Å². The molecule has 4 atom stereocenters. The maximum atomic E-state index is 14.7. The van der Waals surface area contributed by atoms with Gasteiger partial charge in [-0.05, 0) is 61.8 Å². The van der Waals surface area contributed by atoms with E-state index in [0.717, 1.165) is 5.56 Å². The van der Waals surface area contributed by atoms with Crippen molar-refractivity contribution in [2.45, 2.75) is 69.5 Å². The predicted molar refractivity (Wildman–Crippen MR) is 192 cm³/mol. The molecule has 2 aliphatic heterocycles. The van der Waals surface area contributed by atoms with Crippen LogP contribution >= 0.6 is 0 Å². The number of esters is 1. The molecule has 1 saturated heterocycles. The first-order chi connectivity index (χ1) is 23.9. The molecular weight excluding hydrogens is 655 g/mol. The van der Waals surface area contributed by atoms with Crippen LogP contribution in [0.15, 0.2) is 78.9 Å². The normalized spacial score (nSPS) is 21.3. The highest BCUT2D eigenvalue weighted by Crippen LogP contribution is 2.60. The van der Waals surface area contributed by atoms with Gasteiger partial charge in [0.05, 0.1) is 31.9 Å². The number of aliphatic hydroxyl groups excluding tert-OH is 1. The second-order valence-electron chi connectivity index (χ2n) is 13.6. The van der Waals surface area contributed by atoms with Crippen molar-refractivity contribution in [3.8, 4) is 0 Å². The van der Waals surface area contributed by atoms with Crippen LogP contribution in [0.2, 0.25) is 18.6 Å². The lowest BCUT2D eigenvalue weighted by Gasteiger charge is -2.32. The molecule has 0 aliphatic carbocycles. The van der Waals surface area contributed by atoms with Gasteiger partial charge in [0.15, 0.2) is 13.9 Å². The lowest BCUT2D eigenvalue weighted by Crippen LogP contribution is -2.46. The van der Waals surface area contributed by atoms with Crippen molar-refractivity contribution in [3.05, 3.63) is 95.6 Å². The van der Waals surface area contributed by atoms with Crippen molar-refractivity contribution in [1.29, 1.82) is 0 Å². The predicted octanol–water partition coefficient (Wildman–Crippen LogP) is 4.84. The molecule has 3 aromatic carbocycles. The lowest BCUT2D eigenvalue weighted by atomic mass is 9.82. The maximum Gasteiger partial charge on any atom is 0.305 e. The van der Waals surface area contributed by atoms with E-state index in [1.54, 1.807) is 65.4 Å². The molecule has 12 heteroatoms. The molecule has 3 aromatic rings. The number of hydrogen-bond donors (Lipinski definition) is 3. The lowest BCUT2D eigenvalue weighted by molar-refractivity contribution is -0.149. The van der Waals surface area contributed by atoms with E-state index >= 15 is 0 Å². The molecule has 0 bridgehead atoms. The number of nitrogens with zero attached hydrogens (tertiary/aromatic N) is 2. The second kappa shape index (κ2) is 15.7. The van der Waals surface area contributed by atoms with E-state index in [1.807, 2.05) is 43.3 Å². The van der Waals surface area contributed by atoms with E-state index < -0.39 is 31.5 Å². The largest absolute Gasteiger partial charge is 0.469 e. The minimum Gasteiger partial charge on any atom is -0.469 e. The number of unbranched alkanes of at least 4 members (excludes halogenated alkanes) is 1. The summed E-state index contributed by atoms with van der Waals surface area (Å²) in [5, 5.41) is 12.8. The van der Waals surface area contributed by atoms with Gasteiger partial charge in [0, 0.05) is 54.3 Å². The summed E-state index contributed by atoms with van der Waals surface area (Å²) < 4.78 is 11.7. The summed E-state index contributed by atoms with van der Waals surface area (Å²) >= 11 is 0. The summed E-state index contributed by atoms with van der Waals surface area (Å²) in [6.07, 6.45) is 0.377. The minimum atomic E-state index is -3.08. The van der Waals surface area contributed by atoms with Crippen LogP contribution in [-0.2, 0) is 36.0 Å². The summed E-state index contributed by atoms with van der Waals surface area (Å²) in [6, 6.07) is 23.6. The second-order valence-corrected chi connectivity index (χ2v) is 17.6. The number of methoxy groups -OCH3 is 1. The number of aliphatic hydroxyl groups is 1. The van der Waals surface area contributed by atoms with Crippen molar-refractivity contribution >= 4 is 43.4 Å². The third kappa shape index (κ3) is 7.68. The van der Waals surface area contributed by atoms with Gasteiger partial charge < -0.3 is 34.5 Å². The molecule has 266 valence electrons. The number of fused-ring (bicyclic) bond motifs is 2. The fourth-order valence-electron chi connectivity index (χ4n) is 7.53. The molecule has 3 amide bonds. The Morgan fingerprint density at radius 2 is 1.70 bits per heavy atom. The Bertz CT molecular complexity index is 1680. The summed E-state index contributed by atoms with van der Waals surface area (Å²) in [4.78, 5) is 68.5. The van der Waals surface area contributed by atoms with Crippen LogP contribution in [0.4, 0.5) is 11.4 Å². The molecule has 2 heterocycles. The van der Waals surface area contributed by atoms with Crippen molar-refractivity contribution in [2.24, 2.45) is 5.92 Å². The fraction of sp³-hybridized carbons (Fsp3) is 0.421. The monoisotopic (exact) mass is 701 g/mol. The van der Waals surface area contributed by atoms with Crippen molar-refractivity contribution in [2.75, 3.05) is 37.0 Å². The van der Waals surface area contributed by atoms with E-state index in [4.69, 9.17) is 9.47 Å². The molecule has 0 radical (unpaired) electrons. The van der Waals surface area contributed by atoms with Gasteiger partial charge in [-0.2, -0.15) is 0 Å². The summed E-state index contributed by atoms with van der Waals surface area (Å²) in [6.45, 7) is 6.00. The topological polar surface area (TPSA) is 146 Å². The van der Waals surface area contributed by atoms with E-state index in [1.165, 1.54) is 7.11 Å². The maximum absolute atomic E-state index is 14.7. The number of hydrogen-bond acceptors (Lipinski definition) is 8. The molecule has 0 unspecified atom stereocenters. The number of benzene rings is 3. The number of anilines is 2. The molecule has 5 rings (SSSR count). The third-order valence-corrected chi connectivity index (χ3v) is 12.3. The average Bonchev–Trinajstić information content (AvgIpc) is 3.52. The van der Waals surface area contributed by atoms with Gasteiger partial charge in [-0.3, -0.25) is 19.2 Å². The van der Waals surface area contributed by atoms with Gasteiger partial charge in [-0.1, -0.05) is 55.5 Å². The van der Waals surface area contributed by atoms with Crippen LogP contribution in [0.1, 0.15) is 54.1 Å². The molecule has 11 nitrogen and oxygen atoms in total. The zero-order valence-electron chi connectivity index (χ0n) is 29.1. The standard InChI is InChI=1S/C38H47N3O8Si/c1-26-35(50(3,4)47)32(24-33(43)40(21-22-42)25-27-13-7-5-8-14-27)49-38(26)30-23-29(39-36(45)28-15-9-6-10-16-28)18-19-31(30)41(37(38)46)20-12-11-17-34(44)48-2/h5-10,13-16,18-19,23,26,32,35,42,47H,11-12,17,20-22,24-25H2,1-4H3,(H,39,45)/t26-,32+,35-,38+/m1/s1. The first-order valence-electron chi connectivity index (χ1n) is 17.1. The van der Waals surface area contributed by atoms with Crippen LogP contribution < -0.4 is 10.2 Å². The van der Waals surface area contributed by atoms with Crippen LogP contribution in [0.3, 0.4) is 0 Å². The first-order valence-corrected chi connectivity index (χ1v) is 20.2. The van der Waals surface area contributed by atoms with Gasteiger partial charge >= 0.3 is 5.97 Å². The van der Waals surface area contributed by atoms with Gasteiger partial charge in [0.2, 0.25) is 5.91 Å². The molecular formula is C38H47N3O8Si. The zero-order valence-corrected chi connectivity index (χ0v) is 30.1. The SMILES string of the molecule is COC(=O)CCCCN1C(=O)[C@@]2(O[C@@H](CC(=O)N(CCO)Cc3ccccc3)[C@H]([Si](C)(C)O)[C@H]2C)c2cc(NC(=O)c3ccccc3)ccc21.